The van der Waals surface area contributed by atoms with Gasteiger partial charge in [0.15, 0.2) is 0 Å². The molecule has 2 aromatic heterocycles. The van der Waals surface area contributed by atoms with E-state index in [0.29, 0.717) is 29.9 Å². The number of anilines is 1. The molecule has 3 heterocycles. The van der Waals surface area contributed by atoms with Crippen molar-refractivity contribution in [3.8, 4) is 0 Å². The summed E-state index contributed by atoms with van der Waals surface area (Å²) in [5.74, 6) is -0.166. The quantitative estimate of drug-likeness (QED) is 0.641. The third kappa shape index (κ3) is 3.64. The number of fused-ring (bicyclic) bond motifs is 2. The van der Waals surface area contributed by atoms with Crippen LogP contribution in [-0.2, 0) is 13.0 Å². The topological polar surface area (TPSA) is 94.2 Å². The molecule has 1 saturated heterocycles. The Labute approximate surface area is 186 Å². The molecule has 32 heavy (non-hydrogen) atoms. The number of carbonyl (C=O) groups excluding carboxylic acids is 1. The second-order valence-corrected chi connectivity index (χ2v) is 8.57. The molecule has 2 unspecified atom stereocenters. The molecule has 1 saturated carbocycles. The van der Waals surface area contributed by atoms with Crippen molar-refractivity contribution in [3.05, 3.63) is 63.8 Å². The first-order chi connectivity index (χ1) is 15.6. The first kappa shape index (κ1) is 20.6. The van der Waals surface area contributed by atoms with Crippen molar-refractivity contribution in [3.63, 3.8) is 0 Å². The van der Waals surface area contributed by atoms with Crippen molar-refractivity contribution in [1.29, 1.82) is 0 Å². The minimum Gasteiger partial charge on any atom is -0.364 e. The summed E-state index contributed by atoms with van der Waals surface area (Å²) in [5, 5.41) is 2.61. The summed E-state index contributed by atoms with van der Waals surface area (Å²) in [6.07, 6.45) is 4.78. The highest BCUT2D eigenvalue weighted by Crippen LogP contribution is 2.37. The summed E-state index contributed by atoms with van der Waals surface area (Å²) in [4.78, 5) is 40.7. The number of carbonyl (C=O) groups is 1. The number of hydrogen-bond acceptors (Lipinski definition) is 6. The predicted molar refractivity (Wildman–Crippen MR) is 124 cm³/mol. The largest absolute Gasteiger partial charge is 0.364 e. The predicted octanol–water partition coefficient (Wildman–Crippen LogP) is 2.09. The van der Waals surface area contributed by atoms with E-state index in [4.69, 9.17) is 0 Å². The number of aromatic nitrogens is 3. The molecule has 0 radical (unpaired) electrons. The van der Waals surface area contributed by atoms with Crippen LogP contribution in [0.1, 0.15) is 41.5 Å². The summed E-state index contributed by atoms with van der Waals surface area (Å²) >= 11 is 0. The molecule has 2 N–H and O–H groups in total. The number of nitrogens with one attached hydrogen (secondary N) is 2. The highest BCUT2D eigenvalue weighted by atomic mass is 16.1. The highest BCUT2D eigenvalue weighted by Gasteiger charge is 2.42. The number of aromatic amines is 1. The Morgan fingerprint density at radius 1 is 1.19 bits per heavy atom. The lowest BCUT2D eigenvalue weighted by atomic mass is 9.81. The number of hydrogen-bond donors (Lipinski definition) is 2. The second-order valence-electron chi connectivity index (χ2n) is 8.57. The molecule has 2 fully saturated rings. The van der Waals surface area contributed by atoms with E-state index in [-0.39, 0.29) is 11.5 Å². The molecule has 0 spiro atoms. The first-order valence-corrected chi connectivity index (χ1v) is 11.3. The van der Waals surface area contributed by atoms with Gasteiger partial charge in [0.2, 0.25) is 0 Å². The molecule has 5 rings (SSSR count). The van der Waals surface area contributed by atoms with E-state index in [1.54, 1.807) is 13.1 Å². The van der Waals surface area contributed by atoms with Gasteiger partial charge in [-0.2, -0.15) is 0 Å². The number of aryl methyl sites for hydroxylation is 1. The van der Waals surface area contributed by atoms with Crippen molar-refractivity contribution in [2.45, 2.75) is 44.8 Å². The molecule has 2 aliphatic rings. The van der Waals surface area contributed by atoms with E-state index in [2.05, 4.69) is 42.2 Å². The second kappa shape index (κ2) is 8.35. The third-order valence-corrected chi connectivity index (χ3v) is 6.79. The molecule has 8 heteroatoms. The molecule has 1 aliphatic heterocycles. The smallest absolute Gasteiger partial charge is 0.270 e. The van der Waals surface area contributed by atoms with Gasteiger partial charge in [-0.15, -0.1) is 0 Å². The van der Waals surface area contributed by atoms with Crippen LogP contribution < -0.4 is 15.8 Å². The Morgan fingerprint density at radius 3 is 2.72 bits per heavy atom. The summed E-state index contributed by atoms with van der Waals surface area (Å²) < 4.78 is 0. The first-order valence-electron chi connectivity index (χ1n) is 11.3. The Balaban J connectivity index is 1.30. The molecule has 0 bridgehead atoms. The van der Waals surface area contributed by atoms with Crippen LogP contribution in [0.4, 0.5) is 5.69 Å². The van der Waals surface area contributed by atoms with Gasteiger partial charge in [-0.3, -0.25) is 14.5 Å². The molecule has 3 aromatic rings. The molecule has 1 aromatic carbocycles. The number of benzene rings is 1. The third-order valence-electron chi connectivity index (χ3n) is 6.79. The van der Waals surface area contributed by atoms with E-state index in [0.717, 1.165) is 42.8 Å². The monoisotopic (exact) mass is 432 g/mol. The van der Waals surface area contributed by atoms with Crippen molar-refractivity contribution in [2.24, 2.45) is 0 Å². The van der Waals surface area contributed by atoms with Gasteiger partial charge in [0, 0.05) is 38.8 Å². The van der Waals surface area contributed by atoms with E-state index >= 15 is 0 Å². The molecule has 8 nitrogen and oxygen atoms in total. The lowest BCUT2D eigenvalue weighted by molar-refractivity contribution is 0.0659. The number of amides is 1. The van der Waals surface area contributed by atoms with Crippen LogP contribution in [0.15, 0.2) is 41.3 Å². The van der Waals surface area contributed by atoms with Crippen LogP contribution >= 0.6 is 0 Å². The zero-order chi connectivity index (χ0) is 22.2. The zero-order valence-electron chi connectivity index (χ0n) is 18.5. The number of nitrogens with zero attached hydrogens (tertiary/aromatic N) is 4. The maximum absolute atomic E-state index is 12.2. The van der Waals surface area contributed by atoms with Gasteiger partial charge < -0.3 is 15.2 Å². The lowest BCUT2D eigenvalue weighted by Crippen LogP contribution is -2.64. The van der Waals surface area contributed by atoms with Gasteiger partial charge in [-0.05, 0) is 49.1 Å². The Morgan fingerprint density at radius 2 is 2.03 bits per heavy atom. The van der Waals surface area contributed by atoms with Gasteiger partial charge in [0.1, 0.15) is 11.4 Å². The van der Waals surface area contributed by atoms with Crippen molar-refractivity contribution in [2.75, 3.05) is 25.0 Å². The fourth-order valence-corrected chi connectivity index (χ4v) is 4.90. The molecule has 1 aliphatic carbocycles. The minimum atomic E-state index is -0.166. The van der Waals surface area contributed by atoms with Crippen LogP contribution in [-0.4, -0.2) is 58.0 Å². The molecular weight excluding hydrogens is 404 g/mol. The number of rotatable bonds is 5. The van der Waals surface area contributed by atoms with Crippen LogP contribution in [0.5, 0.6) is 0 Å². The maximum Gasteiger partial charge on any atom is 0.270 e. The van der Waals surface area contributed by atoms with Crippen molar-refractivity contribution >= 4 is 22.6 Å². The van der Waals surface area contributed by atoms with E-state index in [1.807, 2.05) is 25.3 Å². The Bertz CT molecular complexity index is 1210. The molecular formula is C24H28N6O2. The lowest BCUT2D eigenvalue weighted by Gasteiger charge is -2.54. The average Bonchev–Trinajstić information content (AvgIpc) is 2.79. The fraction of sp³-hybridized carbons (Fsp3) is 0.417. The standard InChI is InChI=1S/C24H28N6O2/c1-3-17-24(32)28-20-12-15(4-6-18(20)27-17)14-29-10-11-30(22-9-8-21(22)29)16-5-7-19(26-13-16)23(31)25-2/h4-7,12-13,21-22H,3,8-11,14H2,1-2H3,(H,25,31)(H,28,32). The van der Waals surface area contributed by atoms with E-state index in [9.17, 15) is 9.59 Å². The molecule has 1 amide bonds. The SMILES string of the molecule is CCc1nc2ccc(CN3CCN(c4ccc(C(=O)NC)nc4)C4CCC43)cc2[nH]c1=O. The van der Waals surface area contributed by atoms with Gasteiger partial charge in [-0.25, -0.2) is 9.97 Å². The van der Waals surface area contributed by atoms with Gasteiger partial charge >= 0.3 is 0 Å². The van der Waals surface area contributed by atoms with Crippen LogP contribution in [0.3, 0.4) is 0 Å². The minimum absolute atomic E-state index is 0.0964. The van der Waals surface area contributed by atoms with Crippen LogP contribution in [0.25, 0.3) is 11.0 Å². The van der Waals surface area contributed by atoms with E-state index in [1.165, 1.54) is 12.0 Å². The molecule has 166 valence electrons. The summed E-state index contributed by atoms with van der Waals surface area (Å²) in [7, 11) is 1.61. The van der Waals surface area contributed by atoms with Gasteiger partial charge in [0.05, 0.1) is 22.9 Å². The van der Waals surface area contributed by atoms with Crippen LogP contribution in [0.2, 0.25) is 0 Å². The number of pyridine rings is 1. The molecule has 2 atom stereocenters. The van der Waals surface area contributed by atoms with Gasteiger partial charge in [-0.1, -0.05) is 13.0 Å². The average molecular weight is 433 g/mol. The Kier molecular flexibility index (Phi) is 5.38. The van der Waals surface area contributed by atoms with Gasteiger partial charge in [0.25, 0.3) is 11.5 Å². The highest BCUT2D eigenvalue weighted by molar-refractivity contribution is 5.92. The maximum atomic E-state index is 12.2. The van der Waals surface area contributed by atoms with Crippen molar-refractivity contribution in [1.82, 2.24) is 25.2 Å². The number of H-pyrrole nitrogens is 1. The normalized spacial score (nSPS) is 20.6. The van der Waals surface area contributed by atoms with E-state index < -0.39 is 0 Å². The van der Waals surface area contributed by atoms with Crippen molar-refractivity contribution < 1.29 is 4.79 Å². The summed E-state index contributed by atoms with van der Waals surface area (Å²) in [5.41, 5.74) is 4.83. The summed E-state index contributed by atoms with van der Waals surface area (Å²) in [6.45, 7) is 4.68. The zero-order valence-corrected chi connectivity index (χ0v) is 18.5. The Hall–Kier alpha value is -3.26. The number of piperazine rings is 1. The summed E-state index contributed by atoms with van der Waals surface area (Å²) in [6, 6.07) is 10.9. The fourth-order valence-electron chi connectivity index (χ4n) is 4.90. The van der Waals surface area contributed by atoms with Crippen LogP contribution in [0, 0.1) is 0 Å².